The maximum atomic E-state index is 10.5. The van der Waals surface area contributed by atoms with Gasteiger partial charge in [0.25, 0.3) is 0 Å². The summed E-state index contributed by atoms with van der Waals surface area (Å²) in [6.45, 7) is 5.68. The third kappa shape index (κ3) is 14.0. The van der Waals surface area contributed by atoms with E-state index >= 15 is 0 Å². The van der Waals surface area contributed by atoms with Crippen LogP contribution in [-0.4, -0.2) is 45.1 Å². The maximum absolute atomic E-state index is 10.5. The fourth-order valence-electron chi connectivity index (χ4n) is 2.39. The number of aromatic carboxylic acids is 2. The van der Waals surface area contributed by atoms with Gasteiger partial charge in [-0.1, -0.05) is 51.0 Å². The number of carboxylic acids is 2. The molecule has 2 aromatic rings. The molecule has 31 heavy (non-hydrogen) atoms. The summed E-state index contributed by atoms with van der Waals surface area (Å²) in [6.07, 6.45) is 6.17. The van der Waals surface area contributed by atoms with Gasteiger partial charge in [0.2, 0.25) is 0 Å². The van der Waals surface area contributed by atoms with Crippen LogP contribution < -0.4 is 0 Å². The number of aryl methyl sites for hydroxylation is 2. The van der Waals surface area contributed by atoms with Crippen LogP contribution in [0.15, 0.2) is 48.5 Å². The normalized spacial score (nSPS) is 10.7. The number of carbonyl (C=O) groups is 2. The molecule has 0 saturated heterocycles. The van der Waals surface area contributed by atoms with E-state index in [4.69, 9.17) is 20.4 Å². The Morgan fingerprint density at radius 2 is 1.03 bits per heavy atom. The van der Waals surface area contributed by atoms with Gasteiger partial charge in [-0.2, -0.15) is 0 Å². The van der Waals surface area contributed by atoms with Crippen LogP contribution in [0.4, 0.5) is 0 Å². The molecule has 0 heterocycles. The average molecular weight is 433 g/mol. The fourth-order valence-corrected chi connectivity index (χ4v) is 2.39. The van der Waals surface area contributed by atoms with E-state index in [1.54, 1.807) is 24.3 Å². The molecule has 0 radical (unpaired) electrons. The van der Waals surface area contributed by atoms with Gasteiger partial charge in [-0.15, -0.1) is 0 Å². The molecule has 0 amide bonds. The van der Waals surface area contributed by atoms with Crippen molar-refractivity contribution in [2.75, 3.05) is 6.61 Å². The molecule has 0 spiro atoms. The second kappa shape index (κ2) is 17.0. The van der Waals surface area contributed by atoms with Crippen LogP contribution in [0, 0.1) is 0 Å². The lowest BCUT2D eigenvalue weighted by atomic mass is 10.1. The summed E-state index contributed by atoms with van der Waals surface area (Å²) >= 11 is 0. The van der Waals surface area contributed by atoms with Crippen molar-refractivity contribution in [3.8, 4) is 0 Å². The molecular weight excluding hydrogens is 396 g/mol. The Labute approximate surface area is 185 Å². The van der Waals surface area contributed by atoms with Crippen molar-refractivity contribution in [1.82, 2.24) is 0 Å². The molecule has 0 aromatic heterocycles. The number of hydrogen-bond donors (Lipinski definition) is 4. The Hall–Kier alpha value is -2.70. The lowest BCUT2D eigenvalue weighted by Crippen LogP contribution is -2.03. The molecule has 0 aliphatic carbocycles. The Morgan fingerprint density at radius 3 is 1.23 bits per heavy atom. The SMILES string of the molecule is CC(O)CO.CCCCc1ccc(C(=O)O)cc1.CCCCc1ccc(C(=O)O)cc1. The van der Waals surface area contributed by atoms with Crippen LogP contribution in [0.3, 0.4) is 0 Å². The highest BCUT2D eigenvalue weighted by Crippen LogP contribution is 2.08. The van der Waals surface area contributed by atoms with Crippen molar-refractivity contribution in [1.29, 1.82) is 0 Å². The largest absolute Gasteiger partial charge is 0.478 e. The fraction of sp³-hybridized carbons (Fsp3) is 0.440. The molecule has 0 bridgehead atoms. The van der Waals surface area contributed by atoms with Crippen molar-refractivity contribution in [2.45, 2.75) is 65.4 Å². The number of unbranched alkanes of at least 4 members (excludes halogenated alkanes) is 2. The van der Waals surface area contributed by atoms with E-state index in [-0.39, 0.29) is 6.61 Å². The predicted octanol–water partition coefficient (Wildman–Crippen LogP) is 4.81. The quantitative estimate of drug-likeness (QED) is 0.452. The van der Waals surface area contributed by atoms with Crippen LogP contribution in [0.1, 0.15) is 78.3 Å². The highest BCUT2D eigenvalue weighted by Gasteiger charge is 2.01. The second-order valence-corrected chi connectivity index (χ2v) is 7.24. The molecular formula is C25H36O6. The molecule has 0 fully saturated rings. The average Bonchev–Trinajstić information content (AvgIpc) is 2.77. The molecule has 0 aliphatic heterocycles. The minimum Gasteiger partial charge on any atom is -0.478 e. The van der Waals surface area contributed by atoms with Gasteiger partial charge in [0.05, 0.1) is 23.8 Å². The van der Waals surface area contributed by atoms with Crippen molar-refractivity contribution in [3.05, 3.63) is 70.8 Å². The van der Waals surface area contributed by atoms with Crippen LogP contribution >= 0.6 is 0 Å². The molecule has 0 saturated carbocycles. The minimum atomic E-state index is -0.859. The summed E-state index contributed by atoms with van der Waals surface area (Å²) in [7, 11) is 0. The van der Waals surface area contributed by atoms with Gasteiger partial charge < -0.3 is 20.4 Å². The topological polar surface area (TPSA) is 115 Å². The summed E-state index contributed by atoms with van der Waals surface area (Å²) in [5, 5.41) is 33.3. The summed E-state index contributed by atoms with van der Waals surface area (Å²) in [4.78, 5) is 21.1. The molecule has 6 nitrogen and oxygen atoms in total. The van der Waals surface area contributed by atoms with Gasteiger partial charge in [-0.3, -0.25) is 0 Å². The molecule has 1 unspecified atom stereocenters. The highest BCUT2D eigenvalue weighted by atomic mass is 16.4. The Bertz CT molecular complexity index is 674. The Balaban J connectivity index is 0.000000479. The van der Waals surface area contributed by atoms with Gasteiger partial charge in [0.15, 0.2) is 0 Å². The van der Waals surface area contributed by atoms with Crippen LogP contribution in [-0.2, 0) is 12.8 Å². The van der Waals surface area contributed by atoms with Crippen LogP contribution in [0.5, 0.6) is 0 Å². The van der Waals surface area contributed by atoms with E-state index in [9.17, 15) is 9.59 Å². The zero-order valence-corrected chi connectivity index (χ0v) is 18.8. The molecule has 172 valence electrons. The van der Waals surface area contributed by atoms with E-state index in [1.807, 2.05) is 24.3 Å². The first-order chi connectivity index (χ1) is 14.7. The standard InChI is InChI=1S/2C11H14O2.C3H8O2/c2*1-2-3-4-9-5-7-10(8-6-9)11(12)13;1-3(5)2-4/h2*5-8H,2-4H2,1H3,(H,12,13);3-5H,2H2,1H3. The van der Waals surface area contributed by atoms with Crippen molar-refractivity contribution in [2.24, 2.45) is 0 Å². The van der Waals surface area contributed by atoms with E-state index < -0.39 is 18.0 Å². The smallest absolute Gasteiger partial charge is 0.335 e. The summed E-state index contributed by atoms with van der Waals surface area (Å²) in [5.74, 6) is -1.72. The number of rotatable bonds is 9. The summed E-state index contributed by atoms with van der Waals surface area (Å²) in [5.41, 5.74) is 3.15. The van der Waals surface area contributed by atoms with Gasteiger partial charge in [0.1, 0.15) is 0 Å². The lowest BCUT2D eigenvalue weighted by molar-refractivity contribution is 0.0686. The third-order valence-corrected chi connectivity index (χ3v) is 4.30. The van der Waals surface area contributed by atoms with E-state index in [2.05, 4.69) is 13.8 Å². The molecule has 6 heteroatoms. The van der Waals surface area contributed by atoms with Crippen molar-refractivity contribution < 1.29 is 30.0 Å². The zero-order valence-electron chi connectivity index (χ0n) is 18.8. The molecule has 1 atom stereocenters. The third-order valence-electron chi connectivity index (χ3n) is 4.30. The monoisotopic (exact) mass is 432 g/mol. The Kier molecular flexibility index (Phi) is 15.5. The predicted molar refractivity (Wildman–Crippen MR) is 123 cm³/mol. The first-order valence-electron chi connectivity index (χ1n) is 10.7. The highest BCUT2D eigenvalue weighted by molar-refractivity contribution is 5.87. The number of aliphatic hydroxyl groups is 2. The van der Waals surface area contributed by atoms with Crippen molar-refractivity contribution >= 4 is 11.9 Å². The molecule has 2 rings (SSSR count). The number of hydrogen-bond acceptors (Lipinski definition) is 4. The van der Waals surface area contributed by atoms with E-state index in [1.165, 1.54) is 30.9 Å². The van der Waals surface area contributed by atoms with Crippen LogP contribution in [0.2, 0.25) is 0 Å². The number of benzene rings is 2. The number of aliphatic hydroxyl groups excluding tert-OH is 2. The summed E-state index contributed by atoms with van der Waals surface area (Å²) in [6, 6.07) is 14.2. The van der Waals surface area contributed by atoms with Gasteiger partial charge in [-0.05, 0) is 68.0 Å². The van der Waals surface area contributed by atoms with Crippen LogP contribution in [0.25, 0.3) is 0 Å². The van der Waals surface area contributed by atoms with Crippen molar-refractivity contribution in [3.63, 3.8) is 0 Å². The molecule has 0 aliphatic rings. The lowest BCUT2D eigenvalue weighted by Gasteiger charge is -1.99. The number of carboxylic acid groups (broad SMARTS) is 2. The molecule has 2 aromatic carbocycles. The molecule has 4 N–H and O–H groups in total. The minimum absolute atomic E-state index is 0.139. The van der Waals surface area contributed by atoms with Gasteiger partial charge >= 0.3 is 11.9 Å². The summed E-state index contributed by atoms with van der Waals surface area (Å²) < 4.78 is 0. The first kappa shape index (κ1) is 28.3. The Morgan fingerprint density at radius 1 is 0.742 bits per heavy atom. The first-order valence-corrected chi connectivity index (χ1v) is 10.7. The van der Waals surface area contributed by atoms with E-state index in [0.717, 1.165) is 25.7 Å². The second-order valence-electron chi connectivity index (χ2n) is 7.24. The maximum Gasteiger partial charge on any atom is 0.335 e. The van der Waals surface area contributed by atoms with Gasteiger partial charge in [0, 0.05) is 0 Å². The zero-order chi connectivity index (χ0) is 23.6. The van der Waals surface area contributed by atoms with E-state index in [0.29, 0.717) is 11.1 Å². The van der Waals surface area contributed by atoms with Gasteiger partial charge in [-0.25, -0.2) is 9.59 Å².